The summed E-state index contributed by atoms with van der Waals surface area (Å²) in [6.45, 7) is 9.60. The van der Waals surface area contributed by atoms with E-state index in [1.807, 2.05) is 12.1 Å². The zero-order valence-electron chi connectivity index (χ0n) is 9.69. The van der Waals surface area contributed by atoms with Gasteiger partial charge in [-0.2, -0.15) is 0 Å². The molecule has 0 radical (unpaired) electrons. The minimum absolute atomic E-state index is 0.139. The van der Waals surface area contributed by atoms with Gasteiger partial charge in [0.1, 0.15) is 6.10 Å². The lowest BCUT2D eigenvalue weighted by atomic mass is 10.4. The number of nitrogens with one attached hydrogen (secondary N) is 1. The highest BCUT2D eigenvalue weighted by Crippen LogP contribution is 2.12. The van der Waals surface area contributed by atoms with Crippen molar-refractivity contribution in [2.24, 2.45) is 0 Å². The third kappa shape index (κ3) is 4.04. The van der Waals surface area contributed by atoms with Crippen molar-refractivity contribution < 1.29 is 9.53 Å². The molecule has 90 valence electrons. The number of likely N-dealkylation sites (N-methyl/N-ethyl adjacent to an activating group) is 1. The van der Waals surface area contributed by atoms with E-state index < -0.39 is 0 Å². The van der Waals surface area contributed by atoms with Crippen molar-refractivity contribution in [3.8, 4) is 0 Å². The molecule has 1 saturated heterocycles. The summed E-state index contributed by atoms with van der Waals surface area (Å²) in [5, 5.41) is 6.18. The summed E-state index contributed by atoms with van der Waals surface area (Å²) in [7, 11) is 1.84. The number of nitrogens with zero attached hydrogens (tertiary/aromatic N) is 2. The molecule has 1 unspecified atom stereocenters. The molecule has 1 N–H and O–H groups in total. The number of carbonyl (C=O) groups excluding carboxylic acids is 1. The van der Waals surface area contributed by atoms with E-state index in [1.165, 1.54) is 0 Å². The fraction of sp³-hybridized carbons (Fsp3) is 0.545. The lowest BCUT2D eigenvalue weighted by Crippen LogP contribution is -2.50. The van der Waals surface area contributed by atoms with Gasteiger partial charge in [0.05, 0.1) is 13.2 Å². The highest BCUT2D eigenvalue weighted by atomic mass is 16.6. The summed E-state index contributed by atoms with van der Waals surface area (Å²) in [6, 6.07) is -0.139. The number of hydrogen-bond acceptors (Lipinski definition) is 3. The quantitative estimate of drug-likeness (QED) is 0.392. The van der Waals surface area contributed by atoms with Crippen LogP contribution in [-0.4, -0.2) is 55.4 Å². The van der Waals surface area contributed by atoms with Crippen molar-refractivity contribution in [2.75, 3.05) is 33.3 Å². The van der Waals surface area contributed by atoms with E-state index in [0.29, 0.717) is 19.6 Å². The van der Waals surface area contributed by atoms with Gasteiger partial charge in [-0.25, -0.2) is 9.80 Å². The van der Waals surface area contributed by atoms with E-state index in [4.69, 9.17) is 4.74 Å². The Morgan fingerprint density at radius 2 is 2.25 bits per heavy atom. The Balaban J connectivity index is 2.49. The molecule has 5 heteroatoms. The molecule has 1 atom stereocenters. The Morgan fingerprint density at radius 1 is 1.56 bits per heavy atom. The molecule has 1 heterocycles. The summed E-state index contributed by atoms with van der Waals surface area (Å²) in [4.78, 5) is 11.8. The molecule has 1 rings (SSSR count). The van der Waals surface area contributed by atoms with E-state index in [0.717, 1.165) is 6.61 Å². The second-order valence-corrected chi connectivity index (χ2v) is 3.64. The van der Waals surface area contributed by atoms with Gasteiger partial charge >= 0.3 is 6.03 Å². The number of urea groups is 1. The average molecular weight is 225 g/mol. The van der Waals surface area contributed by atoms with E-state index in [1.54, 1.807) is 17.2 Å². The molecular formula is C11H19N3O2. The van der Waals surface area contributed by atoms with Gasteiger partial charge < -0.3 is 10.1 Å². The van der Waals surface area contributed by atoms with Crippen LogP contribution in [0.4, 0.5) is 4.79 Å². The second kappa shape index (κ2) is 6.30. The molecule has 0 aromatic rings. The van der Waals surface area contributed by atoms with Crippen molar-refractivity contribution in [1.82, 2.24) is 15.3 Å². The van der Waals surface area contributed by atoms with Crippen LogP contribution in [0.5, 0.6) is 0 Å². The number of hydrogen-bond donors (Lipinski definition) is 1. The first-order valence-corrected chi connectivity index (χ1v) is 5.28. The van der Waals surface area contributed by atoms with Crippen LogP contribution in [0.2, 0.25) is 0 Å². The standard InChI is InChI=1S/C11H19N3O2/c1-4-6-12-11(15)14(8-10-9-16-10)13(3)7-5-2/h4-5,10H,1-2,6-9H2,3H3,(H,12,15). The molecule has 0 aromatic heterocycles. The molecule has 0 aromatic carbocycles. The first kappa shape index (κ1) is 12.7. The van der Waals surface area contributed by atoms with E-state index in [9.17, 15) is 4.79 Å². The second-order valence-electron chi connectivity index (χ2n) is 3.64. The molecule has 2 amide bonds. The van der Waals surface area contributed by atoms with Crippen molar-refractivity contribution in [1.29, 1.82) is 0 Å². The first-order valence-electron chi connectivity index (χ1n) is 5.28. The summed E-state index contributed by atoms with van der Waals surface area (Å²) < 4.78 is 5.13. The third-order valence-electron chi connectivity index (χ3n) is 2.22. The lowest BCUT2D eigenvalue weighted by molar-refractivity contribution is 0.0434. The van der Waals surface area contributed by atoms with Crippen LogP contribution in [-0.2, 0) is 4.74 Å². The van der Waals surface area contributed by atoms with Crippen molar-refractivity contribution >= 4 is 6.03 Å². The molecule has 1 aliphatic rings. The number of amides is 2. The SMILES string of the molecule is C=CCNC(=O)N(CC1CO1)N(C)CC=C. The van der Waals surface area contributed by atoms with Crippen LogP contribution in [0.3, 0.4) is 0 Å². The number of epoxide rings is 1. The topological polar surface area (TPSA) is 48.1 Å². The van der Waals surface area contributed by atoms with Crippen LogP contribution in [0.15, 0.2) is 25.3 Å². The monoisotopic (exact) mass is 225 g/mol. The third-order valence-corrected chi connectivity index (χ3v) is 2.22. The number of hydrazine groups is 1. The fourth-order valence-electron chi connectivity index (χ4n) is 1.28. The molecule has 0 aliphatic carbocycles. The number of rotatable bonds is 7. The highest BCUT2D eigenvalue weighted by molar-refractivity contribution is 5.73. The maximum atomic E-state index is 11.8. The van der Waals surface area contributed by atoms with E-state index in [-0.39, 0.29) is 12.1 Å². The van der Waals surface area contributed by atoms with Gasteiger partial charge in [0.25, 0.3) is 0 Å². The summed E-state index contributed by atoms with van der Waals surface area (Å²) in [6.07, 6.45) is 3.57. The van der Waals surface area contributed by atoms with Crippen LogP contribution >= 0.6 is 0 Å². The zero-order chi connectivity index (χ0) is 12.0. The smallest absolute Gasteiger partial charge is 0.332 e. The maximum Gasteiger partial charge on any atom is 0.332 e. The van der Waals surface area contributed by atoms with Crippen LogP contribution in [0.25, 0.3) is 0 Å². The molecule has 1 fully saturated rings. The van der Waals surface area contributed by atoms with Gasteiger partial charge in [0, 0.05) is 20.1 Å². The van der Waals surface area contributed by atoms with Gasteiger partial charge in [-0.3, -0.25) is 5.01 Å². The molecule has 16 heavy (non-hydrogen) atoms. The largest absolute Gasteiger partial charge is 0.371 e. The highest BCUT2D eigenvalue weighted by Gasteiger charge is 2.29. The van der Waals surface area contributed by atoms with Gasteiger partial charge in [0.15, 0.2) is 0 Å². The molecule has 1 aliphatic heterocycles. The normalized spacial score (nSPS) is 18.0. The Labute approximate surface area is 96.3 Å². The summed E-state index contributed by atoms with van der Waals surface area (Å²) in [5.74, 6) is 0. The average Bonchev–Trinajstić information content (AvgIpc) is 3.06. The van der Waals surface area contributed by atoms with Gasteiger partial charge in [0.2, 0.25) is 0 Å². The Hall–Kier alpha value is -1.33. The maximum absolute atomic E-state index is 11.8. The molecule has 0 saturated carbocycles. The Morgan fingerprint density at radius 3 is 2.75 bits per heavy atom. The number of ether oxygens (including phenoxy) is 1. The minimum Gasteiger partial charge on any atom is -0.371 e. The van der Waals surface area contributed by atoms with Crippen molar-refractivity contribution in [3.05, 3.63) is 25.3 Å². The fourth-order valence-corrected chi connectivity index (χ4v) is 1.28. The van der Waals surface area contributed by atoms with Crippen molar-refractivity contribution in [3.63, 3.8) is 0 Å². The molecular weight excluding hydrogens is 206 g/mol. The Bertz CT molecular complexity index is 264. The predicted molar refractivity (Wildman–Crippen MR) is 62.9 cm³/mol. The lowest BCUT2D eigenvalue weighted by Gasteiger charge is -2.30. The Kier molecular flexibility index (Phi) is 5.01. The van der Waals surface area contributed by atoms with Crippen LogP contribution in [0.1, 0.15) is 0 Å². The summed E-state index contributed by atoms with van der Waals surface area (Å²) >= 11 is 0. The van der Waals surface area contributed by atoms with Gasteiger partial charge in [-0.1, -0.05) is 12.2 Å². The van der Waals surface area contributed by atoms with Gasteiger partial charge in [-0.05, 0) is 0 Å². The number of carbonyl (C=O) groups is 1. The molecule has 0 spiro atoms. The first-order chi connectivity index (χ1) is 7.69. The van der Waals surface area contributed by atoms with E-state index >= 15 is 0 Å². The predicted octanol–water partition coefficient (Wildman–Crippen LogP) is 0.616. The molecule has 0 bridgehead atoms. The van der Waals surface area contributed by atoms with Crippen molar-refractivity contribution in [2.45, 2.75) is 6.10 Å². The van der Waals surface area contributed by atoms with Gasteiger partial charge in [-0.15, -0.1) is 13.2 Å². The summed E-state index contributed by atoms with van der Waals surface area (Å²) in [5.41, 5.74) is 0. The molecule has 5 nitrogen and oxygen atoms in total. The van der Waals surface area contributed by atoms with E-state index in [2.05, 4.69) is 18.5 Å². The zero-order valence-corrected chi connectivity index (χ0v) is 9.69. The van der Waals surface area contributed by atoms with Crippen LogP contribution < -0.4 is 5.32 Å². The van der Waals surface area contributed by atoms with Crippen LogP contribution in [0, 0.1) is 0 Å². The minimum atomic E-state index is -0.139.